The maximum Gasteiger partial charge on any atom is 0.191 e. The molecule has 2 heterocycles. The smallest absolute Gasteiger partial charge is 0.191 e. The van der Waals surface area contributed by atoms with E-state index in [1.54, 1.807) is 0 Å². The van der Waals surface area contributed by atoms with Gasteiger partial charge in [-0.2, -0.15) is 0 Å². The van der Waals surface area contributed by atoms with Gasteiger partial charge in [0, 0.05) is 25.7 Å². The third-order valence-corrected chi connectivity index (χ3v) is 4.38. The zero-order valence-electron chi connectivity index (χ0n) is 16.5. The lowest BCUT2D eigenvalue weighted by atomic mass is 10.1. The zero-order chi connectivity index (χ0) is 19.2. The number of aliphatic imine (C=N–C) groups is 1. The number of benzene rings is 1. The number of hydrogen-bond donors (Lipinski definition) is 2. The molecule has 7 heteroatoms. The van der Waals surface area contributed by atoms with Gasteiger partial charge in [-0.1, -0.05) is 31.1 Å². The van der Waals surface area contributed by atoms with Crippen molar-refractivity contribution in [1.29, 1.82) is 0 Å². The Hall–Kier alpha value is -2.83. The van der Waals surface area contributed by atoms with E-state index in [2.05, 4.69) is 57.2 Å². The first-order valence-electron chi connectivity index (χ1n) is 9.48. The van der Waals surface area contributed by atoms with E-state index in [0.717, 1.165) is 53.9 Å². The predicted octanol–water partition coefficient (Wildman–Crippen LogP) is 3.21. The number of guanidine groups is 1. The molecule has 0 aliphatic heterocycles. The van der Waals surface area contributed by atoms with Crippen molar-refractivity contribution in [3.8, 4) is 0 Å². The highest BCUT2D eigenvalue weighted by Gasteiger charge is 2.08. The number of rotatable bonds is 7. The molecule has 0 radical (unpaired) electrons. The van der Waals surface area contributed by atoms with Crippen LogP contribution in [0.5, 0.6) is 0 Å². The van der Waals surface area contributed by atoms with Crippen molar-refractivity contribution in [3.63, 3.8) is 0 Å². The number of imidazole rings is 1. The number of fused-ring (bicyclic) bond motifs is 1. The molecule has 144 valence electrons. The van der Waals surface area contributed by atoms with Crippen molar-refractivity contribution in [2.45, 2.75) is 46.7 Å². The largest absolute Gasteiger partial charge is 0.359 e. The molecule has 27 heavy (non-hydrogen) atoms. The molecule has 0 atom stereocenters. The Bertz CT molecular complexity index is 908. The van der Waals surface area contributed by atoms with Crippen molar-refractivity contribution in [3.05, 3.63) is 47.6 Å². The molecule has 2 N–H and O–H groups in total. The van der Waals surface area contributed by atoms with E-state index in [1.165, 1.54) is 0 Å². The fourth-order valence-corrected chi connectivity index (χ4v) is 2.94. The third kappa shape index (κ3) is 4.67. The summed E-state index contributed by atoms with van der Waals surface area (Å²) in [6, 6.07) is 10.2. The van der Waals surface area contributed by atoms with E-state index in [1.807, 2.05) is 31.2 Å². The van der Waals surface area contributed by atoms with Crippen molar-refractivity contribution < 1.29 is 4.52 Å². The second-order valence-corrected chi connectivity index (χ2v) is 6.79. The number of para-hydroxylation sites is 2. The Morgan fingerprint density at radius 2 is 2.07 bits per heavy atom. The number of nitrogens with zero attached hydrogens (tertiary/aromatic N) is 4. The summed E-state index contributed by atoms with van der Waals surface area (Å²) in [6.45, 7) is 11.1. The van der Waals surface area contributed by atoms with E-state index < -0.39 is 0 Å². The summed E-state index contributed by atoms with van der Waals surface area (Å²) in [5.74, 6) is 2.91. The molecule has 0 unspecified atom stereocenters. The van der Waals surface area contributed by atoms with Crippen LogP contribution in [0.2, 0.25) is 0 Å². The van der Waals surface area contributed by atoms with Crippen molar-refractivity contribution in [2.75, 3.05) is 13.1 Å². The Morgan fingerprint density at radius 1 is 1.26 bits per heavy atom. The SMILES string of the molecule is CCNC(=NCc1cc(C(C)C)no1)NCCn1c(C)nc2ccccc21. The minimum Gasteiger partial charge on any atom is -0.359 e. The van der Waals surface area contributed by atoms with Gasteiger partial charge < -0.3 is 19.7 Å². The Kier molecular flexibility index (Phi) is 6.11. The molecule has 3 rings (SSSR count). The lowest BCUT2D eigenvalue weighted by Crippen LogP contribution is -2.38. The van der Waals surface area contributed by atoms with E-state index in [-0.39, 0.29) is 0 Å². The molecule has 0 amide bonds. The van der Waals surface area contributed by atoms with Crippen molar-refractivity contribution in [2.24, 2.45) is 4.99 Å². The van der Waals surface area contributed by atoms with E-state index in [0.29, 0.717) is 12.5 Å². The molecule has 1 aromatic carbocycles. The zero-order valence-corrected chi connectivity index (χ0v) is 16.5. The average Bonchev–Trinajstić information content (AvgIpc) is 3.24. The highest BCUT2D eigenvalue weighted by Crippen LogP contribution is 2.15. The van der Waals surface area contributed by atoms with Crippen LogP contribution in [0.25, 0.3) is 11.0 Å². The normalized spacial score (nSPS) is 12.1. The van der Waals surface area contributed by atoms with Crippen LogP contribution < -0.4 is 10.6 Å². The second-order valence-electron chi connectivity index (χ2n) is 6.79. The van der Waals surface area contributed by atoms with Gasteiger partial charge in [-0.15, -0.1) is 0 Å². The van der Waals surface area contributed by atoms with Gasteiger partial charge in [0.25, 0.3) is 0 Å². The van der Waals surface area contributed by atoms with Crippen LogP contribution >= 0.6 is 0 Å². The van der Waals surface area contributed by atoms with E-state index in [4.69, 9.17) is 4.52 Å². The molecule has 0 aliphatic rings. The first-order valence-corrected chi connectivity index (χ1v) is 9.48. The molecule has 0 saturated heterocycles. The number of aromatic nitrogens is 3. The first-order chi connectivity index (χ1) is 13.1. The molecule has 0 spiro atoms. The number of hydrogen-bond acceptors (Lipinski definition) is 4. The molecule has 0 fully saturated rings. The molecule has 2 aromatic heterocycles. The van der Waals surface area contributed by atoms with Gasteiger partial charge in [0.1, 0.15) is 12.4 Å². The Morgan fingerprint density at radius 3 is 2.81 bits per heavy atom. The minimum absolute atomic E-state index is 0.353. The fourth-order valence-electron chi connectivity index (χ4n) is 2.94. The molecule has 0 bridgehead atoms. The predicted molar refractivity (Wildman–Crippen MR) is 108 cm³/mol. The van der Waals surface area contributed by atoms with Crippen molar-refractivity contribution >= 4 is 17.0 Å². The van der Waals surface area contributed by atoms with Crippen LogP contribution in [0.3, 0.4) is 0 Å². The highest BCUT2D eigenvalue weighted by molar-refractivity contribution is 5.79. The number of nitrogens with one attached hydrogen (secondary N) is 2. The van der Waals surface area contributed by atoms with Crippen LogP contribution in [0, 0.1) is 6.92 Å². The number of aryl methyl sites for hydroxylation is 1. The van der Waals surface area contributed by atoms with Crippen LogP contribution in [0.4, 0.5) is 0 Å². The van der Waals surface area contributed by atoms with Gasteiger partial charge in [-0.3, -0.25) is 0 Å². The fraction of sp³-hybridized carbons (Fsp3) is 0.450. The highest BCUT2D eigenvalue weighted by atomic mass is 16.5. The van der Waals surface area contributed by atoms with Crippen LogP contribution in [-0.2, 0) is 13.1 Å². The Labute approximate surface area is 159 Å². The van der Waals surface area contributed by atoms with Crippen LogP contribution in [0.1, 0.15) is 44.0 Å². The molecular formula is C20H28N6O. The quantitative estimate of drug-likeness (QED) is 0.494. The van der Waals surface area contributed by atoms with Crippen LogP contribution in [0.15, 0.2) is 39.8 Å². The average molecular weight is 368 g/mol. The lowest BCUT2D eigenvalue weighted by Gasteiger charge is -2.12. The standard InChI is InChI=1S/C20H28N6O/c1-5-21-20(23-13-16-12-18(14(2)3)25-27-16)22-10-11-26-15(4)24-17-8-6-7-9-19(17)26/h6-9,12,14H,5,10-11,13H2,1-4H3,(H2,21,22,23). The van der Waals surface area contributed by atoms with Gasteiger partial charge in [-0.05, 0) is 31.9 Å². The summed E-state index contributed by atoms with van der Waals surface area (Å²) in [5.41, 5.74) is 3.14. The minimum atomic E-state index is 0.353. The first kappa shape index (κ1) is 18.9. The second kappa shape index (κ2) is 8.70. The van der Waals surface area contributed by atoms with Gasteiger partial charge >= 0.3 is 0 Å². The summed E-state index contributed by atoms with van der Waals surface area (Å²) >= 11 is 0. The summed E-state index contributed by atoms with van der Waals surface area (Å²) in [6.07, 6.45) is 0. The molecule has 0 saturated carbocycles. The van der Waals surface area contributed by atoms with Crippen molar-refractivity contribution in [1.82, 2.24) is 25.3 Å². The summed E-state index contributed by atoms with van der Waals surface area (Å²) < 4.78 is 7.58. The molecule has 0 aliphatic carbocycles. The molecular weight excluding hydrogens is 340 g/mol. The topological polar surface area (TPSA) is 80.3 Å². The maximum absolute atomic E-state index is 5.36. The van der Waals surface area contributed by atoms with Gasteiger partial charge in [-0.25, -0.2) is 9.98 Å². The van der Waals surface area contributed by atoms with Gasteiger partial charge in [0.2, 0.25) is 0 Å². The summed E-state index contributed by atoms with van der Waals surface area (Å²) in [4.78, 5) is 9.21. The van der Waals surface area contributed by atoms with Crippen LogP contribution in [-0.4, -0.2) is 33.8 Å². The third-order valence-electron chi connectivity index (χ3n) is 4.38. The maximum atomic E-state index is 5.36. The van der Waals surface area contributed by atoms with Gasteiger partial charge in [0.15, 0.2) is 11.7 Å². The monoisotopic (exact) mass is 368 g/mol. The molecule has 7 nitrogen and oxygen atoms in total. The molecule has 3 aromatic rings. The van der Waals surface area contributed by atoms with E-state index >= 15 is 0 Å². The summed E-state index contributed by atoms with van der Waals surface area (Å²) in [7, 11) is 0. The lowest BCUT2D eigenvalue weighted by molar-refractivity contribution is 0.376. The van der Waals surface area contributed by atoms with E-state index in [9.17, 15) is 0 Å². The Balaban J connectivity index is 1.61. The summed E-state index contributed by atoms with van der Waals surface area (Å²) in [5, 5.41) is 10.7. The van der Waals surface area contributed by atoms with Gasteiger partial charge in [0.05, 0.1) is 16.7 Å².